The van der Waals surface area contributed by atoms with E-state index in [0.29, 0.717) is 47.3 Å². The number of rotatable bonds is 7. The van der Waals surface area contributed by atoms with E-state index in [2.05, 4.69) is 21.2 Å². The molecule has 1 N–H and O–H groups in total. The van der Waals surface area contributed by atoms with Crippen molar-refractivity contribution in [1.82, 2.24) is 10.2 Å². The van der Waals surface area contributed by atoms with Crippen LogP contribution in [0.25, 0.3) is 0 Å². The topological polar surface area (TPSA) is 67.9 Å². The standard InChI is InChI=1S/C23H26BrFN2O4/c1-15-11-27(23(2,14-26-15)10-16-4-6-18(25)7-5-16)21(29)13-31-22-19(24)8-17(12-28)9-20(22)30-3/h4-9,12,15,26H,10-11,13-14H2,1-3H3. The molecule has 1 heterocycles. The van der Waals surface area contributed by atoms with Crippen molar-refractivity contribution < 1.29 is 23.5 Å². The van der Waals surface area contributed by atoms with Crippen LogP contribution < -0.4 is 14.8 Å². The Kier molecular flexibility index (Phi) is 7.33. The van der Waals surface area contributed by atoms with Crippen LogP contribution in [0.2, 0.25) is 0 Å². The van der Waals surface area contributed by atoms with Gasteiger partial charge >= 0.3 is 0 Å². The monoisotopic (exact) mass is 492 g/mol. The summed E-state index contributed by atoms with van der Waals surface area (Å²) < 4.78 is 25.0. The summed E-state index contributed by atoms with van der Waals surface area (Å²) in [6, 6.07) is 9.66. The van der Waals surface area contributed by atoms with Gasteiger partial charge in [-0.3, -0.25) is 9.59 Å². The second kappa shape index (κ2) is 9.78. The maximum atomic E-state index is 13.3. The van der Waals surface area contributed by atoms with Gasteiger partial charge in [0, 0.05) is 24.7 Å². The Morgan fingerprint density at radius 2 is 2.06 bits per heavy atom. The van der Waals surface area contributed by atoms with Gasteiger partial charge in [0.05, 0.1) is 17.1 Å². The molecule has 3 rings (SSSR count). The van der Waals surface area contributed by atoms with Gasteiger partial charge in [-0.05, 0) is 66.0 Å². The van der Waals surface area contributed by atoms with Crippen LogP contribution in [0.15, 0.2) is 40.9 Å². The van der Waals surface area contributed by atoms with Crippen LogP contribution >= 0.6 is 15.9 Å². The lowest BCUT2D eigenvalue weighted by atomic mass is 9.88. The van der Waals surface area contributed by atoms with E-state index < -0.39 is 5.54 Å². The Morgan fingerprint density at radius 3 is 2.71 bits per heavy atom. The van der Waals surface area contributed by atoms with E-state index >= 15 is 0 Å². The minimum atomic E-state index is -0.493. The predicted octanol–water partition coefficient (Wildman–Crippen LogP) is 3.61. The number of aldehydes is 1. The number of piperazine rings is 1. The molecule has 1 amide bonds. The van der Waals surface area contributed by atoms with Gasteiger partial charge in [0.25, 0.3) is 5.91 Å². The van der Waals surface area contributed by atoms with Crippen molar-refractivity contribution in [3.63, 3.8) is 0 Å². The van der Waals surface area contributed by atoms with Crippen LogP contribution in [0, 0.1) is 5.82 Å². The van der Waals surface area contributed by atoms with Gasteiger partial charge in [0.1, 0.15) is 12.1 Å². The number of hydrogen-bond acceptors (Lipinski definition) is 5. The van der Waals surface area contributed by atoms with E-state index in [-0.39, 0.29) is 24.4 Å². The number of nitrogens with one attached hydrogen (secondary N) is 1. The number of benzene rings is 2. The molecule has 2 aromatic rings. The first-order valence-corrected chi connectivity index (χ1v) is 10.8. The van der Waals surface area contributed by atoms with Crippen LogP contribution in [0.1, 0.15) is 29.8 Å². The average molecular weight is 493 g/mol. The van der Waals surface area contributed by atoms with Crippen molar-refractivity contribution in [1.29, 1.82) is 0 Å². The summed E-state index contributed by atoms with van der Waals surface area (Å²) in [6.45, 7) is 5.00. The lowest BCUT2D eigenvalue weighted by Gasteiger charge is -2.47. The Balaban J connectivity index is 1.78. The van der Waals surface area contributed by atoms with E-state index in [1.807, 2.05) is 18.7 Å². The fourth-order valence-corrected chi connectivity index (χ4v) is 4.39. The number of hydrogen-bond donors (Lipinski definition) is 1. The van der Waals surface area contributed by atoms with E-state index in [4.69, 9.17) is 9.47 Å². The van der Waals surface area contributed by atoms with E-state index in [0.717, 1.165) is 5.56 Å². The first kappa shape index (κ1) is 23.2. The number of nitrogens with zero attached hydrogens (tertiary/aromatic N) is 1. The van der Waals surface area contributed by atoms with Gasteiger partial charge in [-0.25, -0.2) is 4.39 Å². The van der Waals surface area contributed by atoms with E-state index in [1.165, 1.54) is 19.2 Å². The van der Waals surface area contributed by atoms with Crippen LogP contribution in [0.4, 0.5) is 4.39 Å². The number of carbonyl (C=O) groups is 2. The second-order valence-corrected chi connectivity index (χ2v) is 8.88. The molecule has 1 aliphatic heterocycles. The largest absolute Gasteiger partial charge is 0.493 e. The molecule has 0 aromatic heterocycles. The molecule has 1 saturated heterocycles. The Morgan fingerprint density at radius 1 is 1.35 bits per heavy atom. The Bertz CT molecular complexity index is 953. The molecule has 0 spiro atoms. The zero-order valence-corrected chi connectivity index (χ0v) is 19.4. The SMILES string of the molecule is COc1cc(C=O)cc(Br)c1OCC(=O)N1CC(C)NCC1(C)Cc1ccc(F)cc1. The zero-order chi connectivity index (χ0) is 22.6. The molecule has 2 unspecified atom stereocenters. The third kappa shape index (κ3) is 5.43. The maximum Gasteiger partial charge on any atom is 0.261 e. The van der Waals surface area contributed by atoms with Gasteiger partial charge in [-0.1, -0.05) is 12.1 Å². The number of carbonyl (C=O) groups excluding carboxylic acids is 2. The minimum Gasteiger partial charge on any atom is -0.493 e. The maximum absolute atomic E-state index is 13.3. The quantitative estimate of drug-likeness (QED) is 0.598. The van der Waals surface area contributed by atoms with Crippen LogP contribution in [-0.2, 0) is 11.2 Å². The van der Waals surface area contributed by atoms with Crippen molar-refractivity contribution in [3.05, 3.63) is 57.8 Å². The summed E-state index contributed by atoms with van der Waals surface area (Å²) in [5.41, 5.74) is 0.894. The molecular weight excluding hydrogens is 467 g/mol. The lowest BCUT2D eigenvalue weighted by Crippen LogP contribution is -2.65. The van der Waals surface area contributed by atoms with Crippen molar-refractivity contribution in [2.75, 3.05) is 26.8 Å². The molecular formula is C23H26BrFN2O4. The summed E-state index contributed by atoms with van der Waals surface area (Å²) in [5, 5.41) is 3.43. The summed E-state index contributed by atoms with van der Waals surface area (Å²) >= 11 is 3.38. The Hall–Kier alpha value is -2.45. The fraction of sp³-hybridized carbons (Fsp3) is 0.391. The molecule has 2 atom stereocenters. The molecule has 2 aromatic carbocycles. The second-order valence-electron chi connectivity index (χ2n) is 8.03. The molecule has 1 aliphatic rings. The normalized spacial score (nSPS) is 20.9. The highest BCUT2D eigenvalue weighted by Crippen LogP contribution is 2.36. The lowest BCUT2D eigenvalue weighted by molar-refractivity contribution is -0.141. The van der Waals surface area contributed by atoms with Crippen molar-refractivity contribution in [3.8, 4) is 11.5 Å². The van der Waals surface area contributed by atoms with E-state index in [1.54, 1.807) is 24.3 Å². The van der Waals surface area contributed by atoms with Crippen LogP contribution in [-0.4, -0.2) is 55.5 Å². The number of methoxy groups -OCH3 is 1. The van der Waals surface area contributed by atoms with Crippen molar-refractivity contribution in [2.24, 2.45) is 0 Å². The van der Waals surface area contributed by atoms with Gasteiger partial charge in [-0.15, -0.1) is 0 Å². The predicted molar refractivity (Wildman–Crippen MR) is 119 cm³/mol. The number of ether oxygens (including phenoxy) is 2. The molecule has 31 heavy (non-hydrogen) atoms. The molecule has 0 aliphatic carbocycles. The minimum absolute atomic E-state index is 0.137. The summed E-state index contributed by atoms with van der Waals surface area (Å²) in [5.74, 6) is 0.286. The fourth-order valence-electron chi connectivity index (χ4n) is 3.81. The molecule has 8 heteroatoms. The smallest absolute Gasteiger partial charge is 0.261 e. The highest BCUT2D eigenvalue weighted by molar-refractivity contribution is 9.10. The summed E-state index contributed by atoms with van der Waals surface area (Å²) in [7, 11) is 1.47. The van der Waals surface area contributed by atoms with E-state index in [9.17, 15) is 14.0 Å². The molecule has 0 radical (unpaired) electrons. The van der Waals surface area contributed by atoms with Crippen LogP contribution in [0.5, 0.6) is 11.5 Å². The number of amides is 1. The van der Waals surface area contributed by atoms with Gasteiger partial charge < -0.3 is 19.7 Å². The summed E-state index contributed by atoms with van der Waals surface area (Å²) in [6.07, 6.45) is 1.30. The Labute approximate surface area is 189 Å². The third-order valence-electron chi connectivity index (χ3n) is 5.47. The highest BCUT2D eigenvalue weighted by atomic mass is 79.9. The van der Waals surface area contributed by atoms with Gasteiger partial charge in [0.2, 0.25) is 0 Å². The van der Waals surface area contributed by atoms with Crippen molar-refractivity contribution in [2.45, 2.75) is 31.8 Å². The number of halogens is 2. The van der Waals surface area contributed by atoms with Gasteiger partial charge in [-0.2, -0.15) is 0 Å². The first-order chi connectivity index (χ1) is 14.8. The molecule has 166 valence electrons. The zero-order valence-electron chi connectivity index (χ0n) is 17.8. The van der Waals surface area contributed by atoms with Crippen molar-refractivity contribution >= 4 is 28.1 Å². The van der Waals surface area contributed by atoms with Crippen LogP contribution in [0.3, 0.4) is 0 Å². The molecule has 0 bridgehead atoms. The highest BCUT2D eigenvalue weighted by Gasteiger charge is 2.39. The third-order valence-corrected chi connectivity index (χ3v) is 6.06. The summed E-state index contributed by atoms with van der Waals surface area (Å²) in [4.78, 5) is 26.1. The molecule has 1 fully saturated rings. The first-order valence-electron chi connectivity index (χ1n) is 9.99. The molecule has 6 nitrogen and oxygen atoms in total. The van der Waals surface area contributed by atoms with Gasteiger partial charge in [0.15, 0.2) is 18.1 Å². The molecule has 0 saturated carbocycles. The average Bonchev–Trinajstić information content (AvgIpc) is 2.75.